The monoisotopic (exact) mass is 459 g/mol. The summed E-state index contributed by atoms with van der Waals surface area (Å²) in [5.41, 5.74) is 2.51. The van der Waals surface area contributed by atoms with Gasteiger partial charge < -0.3 is 4.90 Å². The molecule has 0 aliphatic carbocycles. The Balaban J connectivity index is 1.68. The second kappa shape index (κ2) is 7.59. The van der Waals surface area contributed by atoms with Gasteiger partial charge in [-0.1, -0.05) is 57.5 Å². The molecule has 0 spiro atoms. The number of nitrogens with zero attached hydrogens (tertiary/aromatic N) is 3. The van der Waals surface area contributed by atoms with Gasteiger partial charge in [0.05, 0.1) is 29.2 Å². The van der Waals surface area contributed by atoms with Crippen molar-refractivity contribution in [3.63, 3.8) is 0 Å². The normalized spacial score (nSPS) is 19.7. The highest BCUT2D eigenvalue weighted by atomic mass is 79.9. The molecule has 2 aromatic rings. The van der Waals surface area contributed by atoms with Gasteiger partial charge in [-0.05, 0) is 35.9 Å². The molecule has 1 fully saturated rings. The lowest BCUT2D eigenvalue weighted by Gasteiger charge is -2.42. The van der Waals surface area contributed by atoms with Gasteiger partial charge in [-0.3, -0.25) is 9.69 Å². The Morgan fingerprint density at radius 3 is 2.63 bits per heavy atom. The SMILES string of the molecule is N#CC1=C2SCN(c3ccc(Br)cc3)CN2C(=O)C[C@@H]1c1ccccc1Cl. The van der Waals surface area contributed by atoms with E-state index in [0.717, 1.165) is 20.8 Å². The van der Waals surface area contributed by atoms with Gasteiger partial charge in [0.1, 0.15) is 0 Å². The maximum atomic E-state index is 12.9. The number of carbonyl (C=O) groups is 1. The second-order valence-electron chi connectivity index (χ2n) is 6.36. The minimum atomic E-state index is -0.283. The number of nitriles is 1. The van der Waals surface area contributed by atoms with E-state index in [1.54, 1.807) is 11.0 Å². The molecule has 2 aliphatic rings. The topological polar surface area (TPSA) is 47.3 Å². The van der Waals surface area contributed by atoms with Crippen LogP contribution in [0.3, 0.4) is 0 Å². The largest absolute Gasteiger partial charge is 0.344 e. The number of hydrogen-bond donors (Lipinski definition) is 0. The van der Waals surface area contributed by atoms with Crippen molar-refractivity contribution in [2.75, 3.05) is 17.4 Å². The molecule has 27 heavy (non-hydrogen) atoms. The molecule has 0 aromatic heterocycles. The Bertz CT molecular complexity index is 970. The van der Waals surface area contributed by atoms with Crippen LogP contribution >= 0.6 is 39.3 Å². The molecule has 0 unspecified atom stereocenters. The number of hydrogen-bond acceptors (Lipinski definition) is 4. The van der Waals surface area contributed by atoms with Gasteiger partial charge in [0.25, 0.3) is 0 Å². The van der Waals surface area contributed by atoms with Crippen molar-refractivity contribution in [2.24, 2.45) is 0 Å². The summed E-state index contributed by atoms with van der Waals surface area (Å²) < 4.78 is 1.01. The predicted octanol–water partition coefficient (Wildman–Crippen LogP) is 5.32. The summed E-state index contributed by atoms with van der Waals surface area (Å²) in [4.78, 5) is 16.8. The van der Waals surface area contributed by atoms with Gasteiger partial charge >= 0.3 is 0 Å². The number of anilines is 1. The van der Waals surface area contributed by atoms with E-state index in [1.807, 2.05) is 42.5 Å². The molecular weight excluding hydrogens is 446 g/mol. The fourth-order valence-electron chi connectivity index (χ4n) is 3.40. The molecule has 0 radical (unpaired) electrons. The van der Waals surface area contributed by atoms with E-state index in [4.69, 9.17) is 11.6 Å². The fraction of sp³-hybridized carbons (Fsp3) is 0.200. The van der Waals surface area contributed by atoms with Crippen LogP contribution in [0.15, 0.2) is 63.6 Å². The number of thioether (sulfide) groups is 1. The van der Waals surface area contributed by atoms with Crippen molar-refractivity contribution in [3.8, 4) is 6.07 Å². The van der Waals surface area contributed by atoms with E-state index in [0.29, 0.717) is 23.1 Å². The van der Waals surface area contributed by atoms with Gasteiger partial charge in [0.2, 0.25) is 5.91 Å². The number of carbonyl (C=O) groups excluding carboxylic acids is 1. The third-order valence-corrected chi connectivity index (χ3v) is 6.79. The first-order valence-corrected chi connectivity index (χ1v) is 10.6. The number of benzene rings is 2. The summed E-state index contributed by atoms with van der Waals surface area (Å²) in [5.74, 6) is 0.415. The molecule has 1 atom stereocenters. The van der Waals surface area contributed by atoms with E-state index >= 15 is 0 Å². The average Bonchev–Trinajstić information content (AvgIpc) is 2.69. The van der Waals surface area contributed by atoms with Crippen LogP contribution in [0.2, 0.25) is 5.02 Å². The van der Waals surface area contributed by atoms with Crippen LogP contribution < -0.4 is 4.90 Å². The van der Waals surface area contributed by atoms with Gasteiger partial charge in [-0.2, -0.15) is 5.26 Å². The molecule has 1 amide bonds. The van der Waals surface area contributed by atoms with Crippen molar-refractivity contribution in [1.29, 1.82) is 5.26 Å². The average molecular weight is 461 g/mol. The van der Waals surface area contributed by atoms with Crippen molar-refractivity contribution < 1.29 is 4.79 Å². The van der Waals surface area contributed by atoms with Crippen LogP contribution in [-0.2, 0) is 4.79 Å². The lowest BCUT2D eigenvalue weighted by atomic mass is 9.86. The lowest BCUT2D eigenvalue weighted by molar-refractivity contribution is -0.129. The van der Waals surface area contributed by atoms with E-state index in [9.17, 15) is 10.1 Å². The molecule has 2 aliphatic heterocycles. The van der Waals surface area contributed by atoms with Gasteiger partial charge in [-0.15, -0.1) is 0 Å². The quantitative estimate of drug-likeness (QED) is 0.608. The van der Waals surface area contributed by atoms with Crippen LogP contribution in [0.1, 0.15) is 17.9 Å². The summed E-state index contributed by atoms with van der Waals surface area (Å²) in [6, 6.07) is 17.8. The summed E-state index contributed by atoms with van der Waals surface area (Å²) in [6.07, 6.45) is 0.255. The molecule has 4 nitrogen and oxygen atoms in total. The minimum Gasteiger partial charge on any atom is -0.344 e. The van der Waals surface area contributed by atoms with Crippen LogP contribution in [0.5, 0.6) is 0 Å². The molecule has 0 N–H and O–H groups in total. The summed E-state index contributed by atoms with van der Waals surface area (Å²) in [6.45, 7) is 0.448. The van der Waals surface area contributed by atoms with E-state index in [2.05, 4.69) is 26.9 Å². The zero-order chi connectivity index (χ0) is 19.0. The Kier molecular flexibility index (Phi) is 5.18. The first-order valence-electron chi connectivity index (χ1n) is 8.41. The molecule has 0 saturated carbocycles. The maximum absolute atomic E-state index is 12.9. The Hall–Kier alpha value is -1.94. The number of amides is 1. The van der Waals surface area contributed by atoms with Gasteiger partial charge in [0.15, 0.2) is 0 Å². The molecule has 7 heteroatoms. The summed E-state index contributed by atoms with van der Waals surface area (Å²) in [5, 5.41) is 11.2. The molecule has 1 saturated heterocycles. The Labute approximate surface area is 175 Å². The smallest absolute Gasteiger partial charge is 0.229 e. The van der Waals surface area contributed by atoms with Crippen LogP contribution in [0.4, 0.5) is 5.69 Å². The molecule has 2 aromatic carbocycles. The second-order valence-corrected chi connectivity index (χ2v) is 8.62. The molecule has 136 valence electrons. The number of rotatable bonds is 2. The van der Waals surface area contributed by atoms with Crippen LogP contribution in [-0.4, -0.2) is 23.4 Å². The third-order valence-electron chi connectivity index (χ3n) is 4.77. The molecule has 2 heterocycles. The highest BCUT2D eigenvalue weighted by Gasteiger charge is 2.38. The van der Waals surface area contributed by atoms with Crippen LogP contribution in [0, 0.1) is 11.3 Å². The molecule has 4 rings (SSSR count). The fourth-order valence-corrected chi connectivity index (χ4v) is 5.10. The number of allylic oxidation sites excluding steroid dienone is 1. The highest BCUT2D eigenvalue weighted by molar-refractivity contribution is 9.10. The highest BCUT2D eigenvalue weighted by Crippen LogP contribution is 2.44. The summed E-state index contributed by atoms with van der Waals surface area (Å²) in [7, 11) is 0. The Morgan fingerprint density at radius 2 is 1.93 bits per heavy atom. The van der Waals surface area contributed by atoms with E-state index in [-0.39, 0.29) is 18.2 Å². The van der Waals surface area contributed by atoms with Crippen molar-refractivity contribution >= 4 is 50.9 Å². The zero-order valence-corrected chi connectivity index (χ0v) is 17.4. The first-order chi connectivity index (χ1) is 13.1. The number of fused-ring (bicyclic) bond motifs is 1. The van der Waals surface area contributed by atoms with Crippen LogP contribution in [0.25, 0.3) is 0 Å². The number of halogens is 2. The van der Waals surface area contributed by atoms with E-state index < -0.39 is 0 Å². The van der Waals surface area contributed by atoms with Crippen molar-refractivity contribution in [2.45, 2.75) is 12.3 Å². The Morgan fingerprint density at radius 1 is 1.19 bits per heavy atom. The van der Waals surface area contributed by atoms with Crippen molar-refractivity contribution in [3.05, 3.63) is 74.2 Å². The minimum absolute atomic E-state index is 0.0169. The first kappa shape index (κ1) is 18.4. The third kappa shape index (κ3) is 3.47. The lowest BCUT2D eigenvalue weighted by Crippen LogP contribution is -2.47. The zero-order valence-electron chi connectivity index (χ0n) is 14.2. The van der Waals surface area contributed by atoms with Gasteiger partial charge in [-0.25, -0.2) is 0 Å². The van der Waals surface area contributed by atoms with Gasteiger partial charge in [0, 0.05) is 27.5 Å². The molecule has 0 bridgehead atoms. The molecular formula is C20H15BrClN3OS. The predicted molar refractivity (Wildman–Crippen MR) is 112 cm³/mol. The van der Waals surface area contributed by atoms with Crippen molar-refractivity contribution in [1.82, 2.24) is 4.90 Å². The maximum Gasteiger partial charge on any atom is 0.229 e. The summed E-state index contributed by atoms with van der Waals surface area (Å²) >= 11 is 11.3. The standard InChI is InChI=1S/C20H15BrClN3OS/c21-13-5-7-14(8-6-13)24-11-25-19(26)9-16(15-3-1-2-4-18(15)22)17(10-23)20(25)27-12-24/h1-8,16H,9,11-12H2/t16-/m1/s1. The van der Waals surface area contributed by atoms with E-state index in [1.165, 1.54) is 11.8 Å².